The largest absolute Gasteiger partial charge is 0.310 e. The summed E-state index contributed by atoms with van der Waals surface area (Å²) < 4.78 is 2.42. The van der Waals surface area contributed by atoms with E-state index in [0.29, 0.717) is 0 Å². The molecule has 58 heavy (non-hydrogen) atoms. The van der Waals surface area contributed by atoms with Crippen molar-refractivity contribution in [1.82, 2.24) is 4.57 Å². The summed E-state index contributed by atoms with van der Waals surface area (Å²) >= 11 is 0. The van der Waals surface area contributed by atoms with Gasteiger partial charge in [0.05, 0.1) is 11.0 Å². The van der Waals surface area contributed by atoms with Crippen molar-refractivity contribution in [3.63, 3.8) is 0 Å². The summed E-state index contributed by atoms with van der Waals surface area (Å²) in [5.41, 5.74) is 16.0. The Morgan fingerprint density at radius 2 is 1.05 bits per heavy atom. The quantitative estimate of drug-likeness (QED) is 0.170. The zero-order valence-corrected chi connectivity index (χ0v) is 32.6. The Kier molecular flexibility index (Phi) is 6.94. The molecule has 4 fully saturated rings. The maximum absolute atomic E-state index is 2.52. The van der Waals surface area contributed by atoms with Crippen molar-refractivity contribution < 1.29 is 0 Å². The van der Waals surface area contributed by atoms with Gasteiger partial charge in [-0.3, -0.25) is 0 Å². The number of rotatable bonds is 5. The minimum absolute atomic E-state index is 0.170. The number of para-hydroxylation sites is 2. The molecule has 0 saturated heterocycles. The fraction of sp³-hybridized carbons (Fsp3) is 0.179. The molecule has 4 bridgehead atoms. The van der Waals surface area contributed by atoms with Crippen LogP contribution in [0.25, 0.3) is 60.5 Å². The summed E-state index contributed by atoms with van der Waals surface area (Å²) in [6, 6.07) is 68.4. The molecule has 8 aromatic carbocycles. The lowest BCUT2D eigenvalue weighted by atomic mass is 9.43. The second-order valence-electron chi connectivity index (χ2n) is 17.8. The van der Waals surface area contributed by atoms with Gasteiger partial charge in [-0.1, -0.05) is 127 Å². The fourth-order valence-electron chi connectivity index (χ4n) is 12.9. The average molecular weight is 745 g/mol. The Labute approximate surface area is 340 Å². The summed E-state index contributed by atoms with van der Waals surface area (Å²) in [5.74, 6) is 3.40. The predicted molar refractivity (Wildman–Crippen MR) is 242 cm³/mol. The van der Waals surface area contributed by atoms with Crippen LogP contribution in [0.2, 0.25) is 0 Å². The van der Waals surface area contributed by atoms with E-state index in [-0.39, 0.29) is 5.41 Å². The molecule has 5 aliphatic carbocycles. The highest BCUT2D eigenvalue weighted by atomic mass is 15.1. The molecular formula is C56H44N2. The summed E-state index contributed by atoms with van der Waals surface area (Å²) in [6.45, 7) is 0. The molecule has 14 rings (SSSR count). The number of hydrogen-bond donors (Lipinski definition) is 0. The molecule has 2 nitrogen and oxygen atoms in total. The zero-order chi connectivity index (χ0) is 38.0. The Balaban J connectivity index is 0.972. The van der Waals surface area contributed by atoms with E-state index >= 15 is 0 Å². The average Bonchev–Trinajstić information content (AvgIpc) is 3.76. The molecule has 2 heteroatoms. The number of anilines is 3. The third kappa shape index (κ3) is 4.55. The number of benzene rings is 8. The minimum atomic E-state index is 0.170. The van der Waals surface area contributed by atoms with E-state index in [9.17, 15) is 0 Å². The van der Waals surface area contributed by atoms with Gasteiger partial charge in [-0.05, 0) is 155 Å². The summed E-state index contributed by atoms with van der Waals surface area (Å²) in [4.78, 5) is 2.44. The molecule has 1 spiro atoms. The number of nitrogens with zero attached hydrogens (tertiary/aromatic N) is 2. The van der Waals surface area contributed by atoms with Gasteiger partial charge in [0, 0.05) is 38.9 Å². The van der Waals surface area contributed by atoms with Crippen LogP contribution in [0.5, 0.6) is 0 Å². The smallest absolute Gasteiger partial charge is 0.0561 e. The van der Waals surface area contributed by atoms with Crippen molar-refractivity contribution in [2.75, 3.05) is 4.90 Å². The van der Waals surface area contributed by atoms with E-state index in [1.165, 1.54) is 92.6 Å². The first-order valence-corrected chi connectivity index (χ1v) is 21.4. The number of fused-ring (bicyclic) bond motifs is 7. The first-order valence-electron chi connectivity index (χ1n) is 21.4. The van der Waals surface area contributed by atoms with Gasteiger partial charge in [0.1, 0.15) is 0 Å². The van der Waals surface area contributed by atoms with Crippen LogP contribution >= 0.6 is 0 Å². The lowest BCUT2D eigenvalue weighted by molar-refractivity contribution is -0.0399. The molecule has 0 aliphatic heterocycles. The SMILES string of the molecule is c1ccc(-n2c3ccccc3c3ccc(N(c4ccc(-c5cccc6c5-c5ccccc5C65C6CC7CC(C6)CC5C7)cc4)c4ccc5ccccc5c4)cc32)cc1. The molecule has 1 heterocycles. The standard InChI is InChI=1S/C56H44N2/c1-2-13-43(14-3-1)58-53-20-9-7-15-48(53)49-28-27-46(35-54(49)58)57(45-26-21-38-11-4-5-12-40(38)34-45)44-24-22-39(23-25-44)47-17-10-19-52-55(47)50-16-6-8-18-51(50)56(52)41-30-36-29-37(32-41)33-42(56)31-36/h1-28,34-37,41-42H,29-33H2. The molecule has 1 aromatic heterocycles. The Morgan fingerprint density at radius 1 is 0.431 bits per heavy atom. The molecule has 5 aliphatic rings. The van der Waals surface area contributed by atoms with Gasteiger partial charge >= 0.3 is 0 Å². The minimum Gasteiger partial charge on any atom is -0.310 e. The molecular weight excluding hydrogens is 701 g/mol. The first-order chi connectivity index (χ1) is 28.7. The molecule has 0 N–H and O–H groups in total. The van der Waals surface area contributed by atoms with Gasteiger partial charge in [-0.15, -0.1) is 0 Å². The molecule has 0 atom stereocenters. The highest BCUT2D eigenvalue weighted by molar-refractivity contribution is 6.10. The van der Waals surface area contributed by atoms with E-state index in [0.717, 1.165) is 40.7 Å². The second kappa shape index (κ2) is 12.3. The van der Waals surface area contributed by atoms with E-state index in [1.54, 1.807) is 11.1 Å². The summed E-state index contributed by atoms with van der Waals surface area (Å²) in [6.07, 6.45) is 7.10. The first kappa shape index (κ1) is 32.7. The van der Waals surface area contributed by atoms with Crippen LogP contribution in [-0.4, -0.2) is 4.57 Å². The predicted octanol–water partition coefficient (Wildman–Crippen LogP) is 14.8. The third-order valence-electron chi connectivity index (χ3n) is 14.9. The van der Waals surface area contributed by atoms with Gasteiger partial charge in [0.25, 0.3) is 0 Å². The van der Waals surface area contributed by atoms with Crippen molar-refractivity contribution in [1.29, 1.82) is 0 Å². The van der Waals surface area contributed by atoms with Crippen LogP contribution < -0.4 is 4.90 Å². The van der Waals surface area contributed by atoms with Crippen LogP contribution in [0.1, 0.15) is 43.2 Å². The second-order valence-corrected chi connectivity index (χ2v) is 17.8. The lowest BCUT2D eigenvalue weighted by Crippen LogP contribution is -2.55. The van der Waals surface area contributed by atoms with Crippen LogP contribution in [0.15, 0.2) is 182 Å². The van der Waals surface area contributed by atoms with Crippen LogP contribution in [0, 0.1) is 23.7 Å². The molecule has 0 amide bonds. The number of aromatic nitrogens is 1. The molecule has 0 unspecified atom stereocenters. The fourth-order valence-corrected chi connectivity index (χ4v) is 12.9. The van der Waals surface area contributed by atoms with Gasteiger partial charge in [-0.25, -0.2) is 0 Å². The highest BCUT2D eigenvalue weighted by Crippen LogP contribution is 2.70. The van der Waals surface area contributed by atoms with Crippen molar-refractivity contribution >= 4 is 49.6 Å². The van der Waals surface area contributed by atoms with E-state index in [1.807, 2.05) is 0 Å². The summed E-state index contributed by atoms with van der Waals surface area (Å²) in [7, 11) is 0. The van der Waals surface area contributed by atoms with Crippen molar-refractivity contribution in [2.45, 2.75) is 37.5 Å². The van der Waals surface area contributed by atoms with Crippen molar-refractivity contribution in [3.05, 3.63) is 193 Å². The number of hydrogen-bond acceptors (Lipinski definition) is 1. The maximum Gasteiger partial charge on any atom is 0.0561 e. The molecule has 278 valence electrons. The van der Waals surface area contributed by atoms with Gasteiger partial charge in [0.15, 0.2) is 0 Å². The summed E-state index contributed by atoms with van der Waals surface area (Å²) in [5, 5.41) is 5.00. The van der Waals surface area contributed by atoms with E-state index < -0.39 is 0 Å². The zero-order valence-electron chi connectivity index (χ0n) is 32.6. The molecule has 0 radical (unpaired) electrons. The Morgan fingerprint density at radius 3 is 1.88 bits per heavy atom. The monoisotopic (exact) mass is 744 g/mol. The van der Waals surface area contributed by atoms with E-state index in [4.69, 9.17) is 0 Å². The highest BCUT2D eigenvalue weighted by Gasteiger charge is 2.61. The molecule has 9 aromatic rings. The maximum atomic E-state index is 2.52. The Bertz CT molecular complexity index is 3050. The van der Waals surface area contributed by atoms with Crippen LogP contribution in [0.3, 0.4) is 0 Å². The third-order valence-corrected chi connectivity index (χ3v) is 14.9. The normalized spacial score (nSPS) is 22.6. The lowest BCUT2D eigenvalue weighted by Gasteiger charge is -2.61. The van der Waals surface area contributed by atoms with Crippen molar-refractivity contribution in [3.8, 4) is 27.9 Å². The van der Waals surface area contributed by atoms with Gasteiger partial charge in [-0.2, -0.15) is 0 Å². The topological polar surface area (TPSA) is 8.17 Å². The van der Waals surface area contributed by atoms with Gasteiger partial charge in [0.2, 0.25) is 0 Å². The van der Waals surface area contributed by atoms with E-state index in [2.05, 4.69) is 191 Å². The Hall–Kier alpha value is -6.38. The van der Waals surface area contributed by atoms with Gasteiger partial charge < -0.3 is 9.47 Å². The molecule has 4 saturated carbocycles. The van der Waals surface area contributed by atoms with Crippen LogP contribution in [-0.2, 0) is 5.41 Å². The van der Waals surface area contributed by atoms with Crippen LogP contribution in [0.4, 0.5) is 17.1 Å². The van der Waals surface area contributed by atoms with Crippen molar-refractivity contribution in [2.24, 2.45) is 23.7 Å².